The second-order valence-electron chi connectivity index (χ2n) is 6.84. The fraction of sp³-hybridized carbons (Fsp3) is 0.526. The van der Waals surface area contributed by atoms with E-state index in [1.54, 1.807) is 18.2 Å². The molecule has 0 radical (unpaired) electrons. The standard InChI is InChI=1S/C19H25N3O3/c1-3-4-10-22-18(24)14-8-7-13(11-15(14)19(22)25)17(23)21-16-6-5-9-20-12(16)2/h7-8,11-12,16,20H,3-6,9-10H2,1-2H3,(H,21,23). The first-order chi connectivity index (χ1) is 12.0. The zero-order valence-electron chi connectivity index (χ0n) is 14.8. The summed E-state index contributed by atoms with van der Waals surface area (Å²) >= 11 is 0. The molecule has 0 spiro atoms. The summed E-state index contributed by atoms with van der Waals surface area (Å²) in [5.74, 6) is -0.753. The molecule has 3 rings (SSSR count). The lowest BCUT2D eigenvalue weighted by Gasteiger charge is -2.30. The number of carbonyl (C=O) groups excluding carboxylic acids is 3. The Hall–Kier alpha value is -2.21. The maximum absolute atomic E-state index is 12.6. The van der Waals surface area contributed by atoms with Gasteiger partial charge in [-0.25, -0.2) is 0 Å². The SMILES string of the molecule is CCCCN1C(=O)c2ccc(C(=O)NC3CCCNC3C)cc2C1=O. The smallest absolute Gasteiger partial charge is 0.261 e. The molecule has 2 N–H and O–H groups in total. The van der Waals surface area contributed by atoms with Crippen molar-refractivity contribution in [2.45, 2.75) is 51.6 Å². The number of fused-ring (bicyclic) bond motifs is 1. The van der Waals surface area contributed by atoms with Crippen molar-refractivity contribution in [3.63, 3.8) is 0 Å². The van der Waals surface area contributed by atoms with Gasteiger partial charge in [0, 0.05) is 24.2 Å². The molecule has 25 heavy (non-hydrogen) atoms. The van der Waals surface area contributed by atoms with E-state index in [1.165, 1.54) is 4.90 Å². The summed E-state index contributed by atoms with van der Waals surface area (Å²) in [6.45, 7) is 5.47. The van der Waals surface area contributed by atoms with E-state index in [9.17, 15) is 14.4 Å². The van der Waals surface area contributed by atoms with E-state index in [4.69, 9.17) is 0 Å². The Morgan fingerprint density at radius 1 is 1.28 bits per heavy atom. The van der Waals surface area contributed by atoms with Crippen LogP contribution in [0.4, 0.5) is 0 Å². The van der Waals surface area contributed by atoms with Crippen LogP contribution in [0.25, 0.3) is 0 Å². The maximum atomic E-state index is 12.6. The summed E-state index contributed by atoms with van der Waals surface area (Å²) in [7, 11) is 0. The molecule has 6 heteroatoms. The van der Waals surface area contributed by atoms with Crippen LogP contribution in [-0.2, 0) is 0 Å². The van der Waals surface area contributed by atoms with E-state index >= 15 is 0 Å². The van der Waals surface area contributed by atoms with Gasteiger partial charge in [0.15, 0.2) is 0 Å². The molecular formula is C19H25N3O3. The van der Waals surface area contributed by atoms with Crippen molar-refractivity contribution in [2.24, 2.45) is 0 Å². The predicted octanol–water partition coefficient (Wildman–Crippen LogP) is 1.95. The molecule has 1 aromatic carbocycles. The van der Waals surface area contributed by atoms with Crippen molar-refractivity contribution >= 4 is 17.7 Å². The molecule has 2 aliphatic heterocycles. The summed E-state index contributed by atoms with van der Waals surface area (Å²) in [5, 5.41) is 6.38. The number of rotatable bonds is 5. The monoisotopic (exact) mass is 343 g/mol. The molecule has 134 valence electrons. The number of piperidine rings is 1. The van der Waals surface area contributed by atoms with Gasteiger partial charge in [-0.1, -0.05) is 13.3 Å². The van der Waals surface area contributed by atoms with Crippen molar-refractivity contribution in [3.8, 4) is 0 Å². The zero-order valence-corrected chi connectivity index (χ0v) is 14.8. The Balaban J connectivity index is 1.76. The molecule has 0 aliphatic carbocycles. The molecule has 1 aromatic rings. The van der Waals surface area contributed by atoms with Crippen LogP contribution >= 0.6 is 0 Å². The molecular weight excluding hydrogens is 318 g/mol. The van der Waals surface area contributed by atoms with E-state index in [1.807, 2.05) is 6.92 Å². The third kappa shape index (κ3) is 3.44. The minimum absolute atomic E-state index is 0.0768. The Bertz CT molecular complexity index is 701. The van der Waals surface area contributed by atoms with Gasteiger partial charge in [0.05, 0.1) is 11.1 Å². The fourth-order valence-corrected chi connectivity index (χ4v) is 3.44. The van der Waals surface area contributed by atoms with Gasteiger partial charge in [0.1, 0.15) is 0 Å². The zero-order chi connectivity index (χ0) is 18.0. The molecule has 1 saturated heterocycles. The second kappa shape index (κ2) is 7.35. The highest BCUT2D eigenvalue weighted by atomic mass is 16.2. The third-order valence-electron chi connectivity index (χ3n) is 5.05. The molecule has 6 nitrogen and oxygen atoms in total. The van der Waals surface area contributed by atoms with Gasteiger partial charge in [-0.05, 0) is 50.9 Å². The summed E-state index contributed by atoms with van der Waals surface area (Å²) < 4.78 is 0. The molecule has 2 heterocycles. The average molecular weight is 343 g/mol. The fourth-order valence-electron chi connectivity index (χ4n) is 3.44. The quantitative estimate of drug-likeness (QED) is 0.801. The Labute approximate surface area is 148 Å². The molecule has 2 unspecified atom stereocenters. The number of carbonyl (C=O) groups is 3. The van der Waals surface area contributed by atoms with Crippen molar-refractivity contribution in [1.82, 2.24) is 15.5 Å². The van der Waals surface area contributed by atoms with E-state index < -0.39 is 0 Å². The number of hydrogen-bond acceptors (Lipinski definition) is 4. The summed E-state index contributed by atoms with van der Waals surface area (Å²) in [6, 6.07) is 5.08. The lowest BCUT2D eigenvalue weighted by molar-refractivity contribution is 0.0652. The van der Waals surface area contributed by atoms with E-state index in [2.05, 4.69) is 17.6 Å². The van der Waals surface area contributed by atoms with Crippen LogP contribution in [0.2, 0.25) is 0 Å². The van der Waals surface area contributed by atoms with Crippen LogP contribution < -0.4 is 10.6 Å². The average Bonchev–Trinajstić information content (AvgIpc) is 2.85. The van der Waals surface area contributed by atoms with Gasteiger partial charge < -0.3 is 10.6 Å². The minimum atomic E-state index is -0.296. The number of unbranched alkanes of at least 4 members (excludes halogenated alkanes) is 1. The van der Waals surface area contributed by atoms with Crippen LogP contribution in [0.3, 0.4) is 0 Å². The molecule has 0 aromatic heterocycles. The van der Waals surface area contributed by atoms with E-state index in [0.717, 1.165) is 32.2 Å². The van der Waals surface area contributed by atoms with Gasteiger partial charge in [-0.2, -0.15) is 0 Å². The van der Waals surface area contributed by atoms with E-state index in [0.29, 0.717) is 23.2 Å². The molecule has 1 fully saturated rings. The van der Waals surface area contributed by atoms with Gasteiger partial charge in [0.2, 0.25) is 0 Å². The molecule has 0 saturated carbocycles. The molecule has 0 bridgehead atoms. The molecule has 2 aliphatic rings. The Morgan fingerprint density at radius 2 is 2.04 bits per heavy atom. The Morgan fingerprint density at radius 3 is 2.76 bits per heavy atom. The summed E-state index contributed by atoms with van der Waals surface area (Å²) in [6.07, 6.45) is 3.66. The molecule has 3 amide bonds. The van der Waals surface area contributed by atoms with Crippen LogP contribution in [0.1, 0.15) is 70.6 Å². The normalized spacial score (nSPS) is 22.9. The highest BCUT2D eigenvalue weighted by Crippen LogP contribution is 2.24. The number of hydrogen-bond donors (Lipinski definition) is 2. The van der Waals surface area contributed by atoms with Crippen molar-refractivity contribution in [1.29, 1.82) is 0 Å². The Kier molecular flexibility index (Phi) is 5.18. The number of amides is 3. The van der Waals surface area contributed by atoms with Crippen molar-refractivity contribution < 1.29 is 14.4 Å². The van der Waals surface area contributed by atoms with Crippen LogP contribution in [0.5, 0.6) is 0 Å². The third-order valence-corrected chi connectivity index (χ3v) is 5.05. The largest absolute Gasteiger partial charge is 0.348 e. The number of imide groups is 1. The number of nitrogens with zero attached hydrogens (tertiary/aromatic N) is 1. The maximum Gasteiger partial charge on any atom is 0.261 e. The van der Waals surface area contributed by atoms with E-state index in [-0.39, 0.29) is 29.8 Å². The first-order valence-corrected chi connectivity index (χ1v) is 9.07. The lowest BCUT2D eigenvalue weighted by Crippen LogP contribution is -2.51. The predicted molar refractivity (Wildman–Crippen MR) is 94.7 cm³/mol. The topological polar surface area (TPSA) is 78.5 Å². The number of nitrogens with one attached hydrogen (secondary N) is 2. The summed E-state index contributed by atoms with van der Waals surface area (Å²) in [4.78, 5) is 38.7. The van der Waals surface area contributed by atoms with Crippen LogP contribution in [0.15, 0.2) is 18.2 Å². The minimum Gasteiger partial charge on any atom is -0.348 e. The van der Waals surface area contributed by atoms with Crippen LogP contribution in [-0.4, -0.2) is 47.8 Å². The van der Waals surface area contributed by atoms with Gasteiger partial charge >= 0.3 is 0 Å². The van der Waals surface area contributed by atoms with Gasteiger partial charge in [-0.15, -0.1) is 0 Å². The first kappa shape index (κ1) is 17.6. The second-order valence-corrected chi connectivity index (χ2v) is 6.84. The molecule has 2 atom stereocenters. The first-order valence-electron chi connectivity index (χ1n) is 9.07. The lowest BCUT2D eigenvalue weighted by atomic mass is 9.99. The van der Waals surface area contributed by atoms with Crippen molar-refractivity contribution in [2.75, 3.05) is 13.1 Å². The number of benzene rings is 1. The van der Waals surface area contributed by atoms with Crippen LogP contribution in [0, 0.1) is 0 Å². The van der Waals surface area contributed by atoms with Gasteiger partial charge in [0.25, 0.3) is 17.7 Å². The highest BCUT2D eigenvalue weighted by molar-refractivity contribution is 6.22. The summed E-state index contributed by atoms with van der Waals surface area (Å²) in [5.41, 5.74) is 1.16. The highest BCUT2D eigenvalue weighted by Gasteiger charge is 2.35. The van der Waals surface area contributed by atoms with Crippen molar-refractivity contribution in [3.05, 3.63) is 34.9 Å². The van der Waals surface area contributed by atoms with Gasteiger partial charge in [-0.3, -0.25) is 19.3 Å².